The quantitative estimate of drug-likeness (QED) is 0.812. The summed E-state index contributed by atoms with van der Waals surface area (Å²) in [6.07, 6.45) is 1.77. The van der Waals surface area contributed by atoms with Crippen molar-refractivity contribution in [3.63, 3.8) is 0 Å². The fourth-order valence-electron chi connectivity index (χ4n) is 1.65. The maximum absolute atomic E-state index is 12.1. The second-order valence-electron chi connectivity index (χ2n) is 3.67. The summed E-state index contributed by atoms with van der Waals surface area (Å²) >= 11 is 0. The zero-order chi connectivity index (χ0) is 12.3. The Morgan fingerprint density at radius 2 is 2.29 bits per heavy atom. The molecule has 0 N–H and O–H groups in total. The van der Waals surface area contributed by atoms with Gasteiger partial charge in [0.25, 0.3) is 5.56 Å². The highest BCUT2D eigenvalue weighted by Gasteiger charge is 2.04. The number of nitrogens with zero attached hydrogens (tertiary/aromatic N) is 2. The maximum Gasteiger partial charge on any atom is 0.261 e. The van der Waals surface area contributed by atoms with Crippen LogP contribution in [0, 0.1) is 0 Å². The summed E-state index contributed by atoms with van der Waals surface area (Å²) in [5.41, 5.74) is 0.442. The van der Waals surface area contributed by atoms with E-state index >= 15 is 0 Å². The minimum Gasteiger partial charge on any atom is -0.497 e. The Hall–Kier alpha value is -1.91. The number of aromatic nitrogens is 2. The van der Waals surface area contributed by atoms with E-state index in [-0.39, 0.29) is 5.56 Å². The Morgan fingerprint density at radius 3 is 3.00 bits per heavy atom. The third-order valence-corrected chi connectivity index (χ3v) is 2.57. The molecular weight excluding hydrogens is 223 g/mol. The first-order chi connectivity index (χ1) is 8.26. The molecule has 0 spiro atoms. The average Bonchev–Trinajstić information content (AvgIpc) is 2.37. The van der Waals surface area contributed by atoms with Gasteiger partial charge in [0.2, 0.25) is 0 Å². The lowest BCUT2D eigenvalue weighted by Crippen LogP contribution is -2.20. The first-order valence-corrected chi connectivity index (χ1v) is 5.35. The molecule has 0 aliphatic rings. The molecule has 0 saturated heterocycles. The molecule has 1 aromatic heterocycles. The van der Waals surface area contributed by atoms with Crippen LogP contribution < -0.4 is 10.3 Å². The predicted octanol–water partition coefficient (Wildman–Crippen LogP) is 1.76. The topological polar surface area (TPSA) is 44.1 Å². The van der Waals surface area contributed by atoms with Gasteiger partial charge in [-0.3, -0.25) is 13.8 Å². The van der Waals surface area contributed by atoms with Gasteiger partial charge in [-0.05, 0) is 18.6 Å². The van der Waals surface area contributed by atoms with Crippen LogP contribution in [-0.4, -0.2) is 23.3 Å². The number of fused-ring (bicyclic) bond motifs is 1. The van der Waals surface area contributed by atoms with Gasteiger partial charge in [0.15, 0.2) is 0 Å². The molecule has 4 nitrogen and oxygen atoms in total. The van der Waals surface area contributed by atoms with E-state index in [1.807, 2.05) is 0 Å². The van der Waals surface area contributed by atoms with Crippen LogP contribution in [0.4, 0.5) is 4.39 Å². The second kappa shape index (κ2) is 4.95. The van der Waals surface area contributed by atoms with Crippen LogP contribution >= 0.6 is 0 Å². The molecule has 0 atom stereocenters. The molecule has 0 unspecified atom stereocenters. The van der Waals surface area contributed by atoms with Gasteiger partial charge in [0.1, 0.15) is 5.75 Å². The highest BCUT2D eigenvalue weighted by atomic mass is 19.1. The van der Waals surface area contributed by atoms with Crippen molar-refractivity contribution in [1.29, 1.82) is 0 Å². The van der Waals surface area contributed by atoms with E-state index in [1.165, 1.54) is 10.9 Å². The number of methoxy groups -OCH3 is 1. The summed E-state index contributed by atoms with van der Waals surface area (Å²) < 4.78 is 18.6. The third kappa shape index (κ3) is 2.27. The second-order valence-corrected chi connectivity index (χ2v) is 3.67. The van der Waals surface area contributed by atoms with Gasteiger partial charge >= 0.3 is 0 Å². The lowest BCUT2D eigenvalue weighted by atomic mass is 10.2. The van der Waals surface area contributed by atoms with Gasteiger partial charge in [-0.25, -0.2) is 4.98 Å². The minimum atomic E-state index is -0.437. The lowest BCUT2D eigenvalue weighted by molar-refractivity contribution is 0.415. The number of hydrogen-bond acceptors (Lipinski definition) is 3. The molecule has 1 heterocycles. The van der Waals surface area contributed by atoms with Crippen molar-refractivity contribution in [1.82, 2.24) is 9.55 Å². The summed E-state index contributed by atoms with van der Waals surface area (Å²) in [7, 11) is 1.56. The zero-order valence-corrected chi connectivity index (χ0v) is 9.52. The molecule has 0 bridgehead atoms. The molecule has 5 heteroatoms. The first-order valence-electron chi connectivity index (χ1n) is 5.35. The van der Waals surface area contributed by atoms with Crippen LogP contribution in [0.3, 0.4) is 0 Å². The number of ether oxygens (including phenoxy) is 1. The number of alkyl halides is 1. The molecule has 2 rings (SSSR count). The van der Waals surface area contributed by atoms with Crippen molar-refractivity contribution in [2.45, 2.75) is 13.0 Å². The van der Waals surface area contributed by atoms with E-state index in [0.717, 1.165) is 0 Å². The highest BCUT2D eigenvalue weighted by Crippen LogP contribution is 2.15. The Balaban J connectivity index is 2.49. The summed E-state index contributed by atoms with van der Waals surface area (Å²) in [5.74, 6) is 0.658. The number of aryl methyl sites for hydroxylation is 1. The van der Waals surface area contributed by atoms with E-state index in [1.54, 1.807) is 25.3 Å². The van der Waals surface area contributed by atoms with Crippen LogP contribution in [0.15, 0.2) is 29.3 Å². The van der Waals surface area contributed by atoms with E-state index in [2.05, 4.69) is 4.98 Å². The maximum atomic E-state index is 12.1. The van der Waals surface area contributed by atoms with Crippen LogP contribution in [0.25, 0.3) is 10.9 Å². The molecule has 2 aromatic rings. The number of hydrogen-bond donors (Lipinski definition) is 0. The lowest BCUT2D eigenvalue weighted by Gasteiger charge is -2.06. The largest absolute Gasteiger partial charge is 0.497 e. The smallest absolute Gasteiger partial charge is 0.261 e. The van der Waals surface area contributed by atoms with E-state index in [4.69, 9.17) is 4.74 Å². The van der Waals surface area contributed by atoms with E-state index < -0.39 is 6.67 Å². The summed E-state index contributed by atoms with van der Waals surface area (Å²) in [6.45, 7) is -0.0859. The zero-order valence-electron chi connectivity index (χ0n) is 9.52. The Bertz CT molecular complexity index is 580. The molecule has 0 aliphatic carbocycles. The molecule has 0 saturated carbocycles. The molecule has 0 fully saturated rings. The molecule has 90 valence electrons. The molecule has 17 heavy (non-hydrogen) atoms. The van der Waals surface area contributed by atoms with Crippen LogP contribution in [0.2, 0.25) is 0 Å². The molecule has 0 amide bonds. The third-order valence-electron chi connectivity index (χ3n) is 2.57. The minimum absolute atomic E-state index is 0.147. The summed E-state index contributed by atoms with van der Waals surface area (Å²) in [6, 6.07) is 5.09. The highest BCUT2D eigenvalue weighted by molar-refractivity contribution is 5.78. The fourth-order valence-corrected chi connectivity index (χ4v) is 1.65. The van der Waals surface area contributed by atoms with Crippen molar-refractivity contribution in [2.75, 3.05) is 13.8 Å². The monoisotopic (exact) mass is 236 g/mol. The SMILES string of the molecule is COc1ccc2c(=O)n(CCCF)cnc2c1. The van der Waals surface area contributed by atoms with Gasteiger partial charge in [-0.15, -0.1) is 0 Å². The van der Waals surface area contributed by atoms with E-state index in [9.17, 15) is 9.18 Å². The predicted molar refractivity (Wildman–Crippen MR) is 63.1 cm³/mol. The van der Waals surface area contributed by atoms with Crippen molar-refractivity contribution < 1.29 is 9.13 Å². The van der Waals surface area contributed by atoms with Crippen molar-refractivity contribution >= 4 is 10.9 Å². The Labute approximate surface area is 97.7 Å². The summed E-state index contributed by atoms with van der Waals surface area (Å²) in [5, 5.41) is 0.521. The fraction of sp³-hybridized carbons (Fsp3) is 0.333. The molecule has 1 aromatic carbocycles. The Kier molecular flexibility index (Phi) is 3.37. The van der Waals surface area contributed by atoms with Gasteiger partial charge in [0, 0.05) is 12.6 Å². The van der Waals surface area contributed by atoms with Crippen LogP contribution in [0.5, 0.6) is 5.75 Å². The summed E-state index contributed by atoms with van der Waals surface area (Å²) in [4.78, 5) is 16.2. The van der Waals surface area contributed by atoms with Crippen molar-refractivity contribution in [2.24, 2.45) is 0 Å². The molecule has 0 radical (unpaired) electrons. The molecular formula is C12H13FN2O2. The van der Waals surface area contributed by atoms with Crippen molar-refractivity contribution in [3.05, 3.63) is 34.9 Å². The normalized spacial score (nSPS) is 10.7. The van der Waals surface area contributed by atoms with Gasteiger partial charge in [0.05, 0.1) is 31.0 Å². The first kappa shape index (κ1) is 11.6. The average molecular weight is 236 g/mol. The molecule has 0 aliphatic heterocycles. The standard InChI is InChI=1S/C12H13FN2O2/c1-17-9-3-4-10-11(7-9)14-8-15(12(10)16)6-2-5-13/h3-4,7-8H,2,5-6H2,1H3. The number of benzene rings is 1. The van der Waals surface area contributed by atoms with Crippen LogP contribution in [0.1, 0.15) is 6.42 Å². The van der Waals surface area contributed by atoms with E-state index in [0.29, 0.717) is 29.6 Å². The van der Waals surface area contributed by atoms with Gasteiger partial charge in [-0.2, -0.15) is 0 Å². The van der Waals surface area contributed by atoms with Crippen LogP contribution in [-0.2, 0) is 6.54 Å². The Morgan fingerprint density at radius 1 is 1.47 bits per heavy atom. The van der Waals surface area contributed by atoms with Gasteiger partial charge < -0.3 is 4.74 Å². The number of halogens is 1. The van der Waals surface area contributed by atoms with Gasteiger partial charge in [-0.1, -0.05) is 0 Å². The van der Waals surface area contributed by atoms with Crippen molar-refractivity contribution in [3.8, 4) is 5.75 Å². The number of rotatable bonds is 4.